The molecule has 28 heavy (non-hydrogen) atoms. The molecule has 0 fully saturated rings. The SMILES string of the molecule is Cc1ccc(-c2csc(NC(=O)COc3ccc(C(C)C)cc3Br)n2)cc1C. The van der Waals surface area contributed by atoms with Crippen LogP contribution in [0.25, 0.3) is 11.3 Å². The lowest BCUT2D eigenvalue weighted by Crippen LogP contribution is -2.20. The molecule has 0 saturated heterocycles. The van der Waals surface area contributed by atoms with Crippen LogP contribution in [-0.4, -0.2) is 17.5 Å². The Hall–Kier alpha value is -2.18. The second kappa shape index (κ2) is 8.88. The molecule has 0 bridgehead atoms. The summed E-state index contributed by atoms with van der Waals surface area (Å²) < 4.78 is 6.49. The van der Waals surface area contributed by atoms with Crippen molar-refractivity contribution in [3.8, 4) is 17.0 Å². The van der Waals surface area contributed by atoms with Gasteiger partial charge in [0, 0.05) is 10.9 Å². The van der Waals surface area contributed by atoms with Crippen molar-refractivity contribution in [2.24, 2.45) is 0 Å². The van der Waals surface area contributed by atoms with Crippen LogP contribution in [0.15, 0.2) is 46.3 Å². The average Bonchev–Trinajstić information content (AvgIpc) is 3.11. The highest BCUT2D eigenvalue weighted by molar-refractivity contribution is 9.10. The first-order valence-corrected chi connectivity index (χ1v) is 10.8. The van der Waals surface area contributed by atoms with Gasteiger partial charge in [-0.25, -0.2) is 4.98 Å². The molecule has 0 radical (unpaired) electrons. The minimum Gasteiger partial charge on any atom is -0.483 e. The highest BCUT2D eigenvalue weighted by Gasteiger charge is 2.11. The van der Waals surface area contributed by atoms with Crippen LogP contribution in [-0.2, 0) is 4.79 Å². The molecule has 1 aromatic heterocycles. The molecule has 0 aliphatic rings. The van der Waals surface area contributed by atoms with Gasteiger partial charge in [-0.1, -0.05) is 32.0 Å². The van der Waals surface area contributed by atoms with E-state index in [9.17, 15) is 4.79 Å². The first-order valence-electron chi connectivity index (χ1n) is 9.08. The topological polar surface area (TPSA) is 51.2 Å². The largest absolute Gasteiger partial charge is 0.483 e. The average molecular weight is 459 g/mol. The Morgan fingerprint density at radius 3 is 2.64 bits per heavy atom. The summed E-state index contributed by atoms with van der Waals surface area (Å²) in [6.07, 6.45) is 0. The van der Waals surface area contributed by atoms with E-state index >= 15 is 0 Å². The molecule has 4 nitrogen and oxygen atoms in total. The molecule has 2 aromatic carbocycles. The first kappa shape index (κ1) is 20.6. The smallest absolute Gasteiger partial charge is 0.264 e. The maximum absolute atomic E-state index is 12.2. The fraction of sp³-hybridized carbons (Fsp3) is 0.273. The maximum Gasteiger partial charge on any atom is 0.264 e. The number of carbonyl (C=O) groups excluding carboxylic acids is 1. The van der Waals surface area contributed by atoms with Crippen molar-refractivity contribution < 1.29 is 9.53 Å². The Morgan fingerprint density at radius 1 is 1.18 bits per heavy atom. The van der Waals surface area contributed by atoms with Crippen LogP contribution in [0.3, 0.4) is 0 Å². The highest BCUT2D eigenvalue weighted by Crippen LogP contribution is 2.29. The van der Waals surface area contributed by atoms with Crippen LogP contribution >= 0.6 is 27.3 Å². The third kappa shape index (κ3) is 5.00. The molecule has 146 valence electrons. The summed E-state index contributed by atoms with van der Waals surface area (Å²) >= 11 is 4.91. The normalized spacial score (nSPS) is 10.9. The van der Waals surface area contributed by atoms with Gasteiger partial charge in [-0.3, -0.25) is 10.1 Å². The van der Waals surface area contributed by atoms with Gasteiger partial charge in [0.1, 0.15) is 5.75 Å². The number of anilines is 1. The number of benzene rings is 2. The first-order chi connectivity index (χ1) is 13.3. The summed E-state index contributed by atoms with van der Waals surface area (Å²) in [6.45, 7) is 8.36. The number of hydrogen-bond donors (Lipinski definition) is 1. The Kier molecular flexibility index (Phi) is 6.52. The van der Waals surface area contributed by atoms with E-state index in [1.54, 1.807) is 0 Å². The number of ether oxygens (including phenoxy) is 1. The summed E-state index contributed by atoms with van der Waals surface area (Å²) in [7, 11) is 0. The van der Waals surface area contributed by atoms with Gasteiger partial charge in [0.2, 0.25) is 0 Å². The van der Waals surface area contributed by atoms with E-state index in [4.69, 9.17) is 4.74 Å². The maximum atomic E-state index is 12.2. The lowest BCUT2D eigenvalue weighted by atomic mass is 10.0. The van der Waals surface area contributed by atoms with Gasteiger partial charge in [-0.15, -0.1) is 11.3 Å². The quantitative estimate of drug-likeness (QED) is 0.469. The molecule has 0 aliphatic heterocycles. The molecule has 0 spiro atoms. The minimum atomic E-state index is -0.235. The van der Waals surface area contributed by atoms with Crippen molar-refractivity contribution in [3.05, 3.63) is 62.9 Å². The second-order valence-electron chi connectivity index (χ2n) is 7.02. The monoisotopic (exact) mass is 458 g/mol. The van der Waals surface area contributed by atoms with Crippen LogP contribution in [0.1, 0.15) is 36.5 Å². The lowest BCUT2D eigenvalue weighted by Gasteiger charge is -2.11. The van der Waals surface area contributed by atoms with Crippen molar-refractivity contribution in [3.63, 3.8) is 0 Å². The molecular weight excluding hydrogens is 436 g/mol. The summed E-state index contributed by atoms with van der Waals surface area (Å²) in [5.41, 5.74) is 5.59. The molecule has 0 saturated carbocycles. The highest BCUT2D eigenvalue weighted by atomic mass is 79.9. The zero-order valence-electron chi connectivity index (χ0n) is 16.4. The van der Waals surface area contributed by atoms with Gasteiger partial charge in [0.05, 0.1) is 10.2 Å². The summed E-state index contributed by atoms with van der Waals surface area (Å²) in [4.78, 5) is 16.7. The predicted molar refractivity (Wildman–Crippen MR) is 119 cm³/mol. The number of nitrogens with one attached hydrogen (secondary N) is 1. The molecule has 3 aromatic rings. The number of aromatic nitrogens is 1. The van der Waals surface area contributed by atoms with Crippen molar-refractivity contribution >= 4 is 38.3 Å². The van der Waals surface area contributed by atoms with Crippen LogP contribution < -0.4 is 10.1 Å². The van der Waals surface area contributed by atoms with E-state index in [1.165, 1.54) is 28.0 Å². The van der Waals surface area contributed by atoms with Crippen molar-refractivity contribution in [1.82, 2.24) is 4.98 Å². The van der Waals surface area contributed by atoms with Crippen molar-refractivity contribution in [2.45, 2.75) is 33.6 Å². The summed E-state index contributed by atoms with van der Waals surface area (Å²) in [6, 6.07) is 12.2. The van der Waals surface area contributed by atoms with Crippen molar-refractivity contribution in [2.75, 3.05) is 11.9 Å². The van der Waals surface area contributed by atoms with Gasteiger partial charge in [-0.2, -0.15) is 0 Å². The zero-order valence-corrected chi connectivity index (χ0v) is 18.8. The lowest BCUT2D eigenvalue weighted by molar-refractivity contribution is -0.118. The number of aryl methyl sites for hydroxylation is 2. The van der Waals surface area contributed by atoms with E-state index in [-0.39, 0.29) is 12.5 Å². The predicted octanol–water partition coefficient (Wildman–Crippen LogP) is 6.33. The molecule has 1 amide bonds. The third-order valence-electron chi connectivity index (χ3n) is 4.53. The molecule has 3 rings (SSSR count). The van der Waals surface area contributed by atoms with Crippen molar-refractivity contribution in [1.29, 1.82) is 0 Å². The molecule has 6 heteroatoms. The summed E-state index contributed by atoms with van der Waals surface area (Å²) in [5.74, 6) is 0.848. The summed E-state index contributed by atoms with van der Waals surface area (Å²) in [5, 5.41) is 5.32. The van der Waals surface area contributed by atoms with E-state index in [2.05, 4.69) is 66.1 Å². The number of rotatable bonds is 6. The number of carbonyl (C=O) groups is 1. The van der Waals surface area contributed by atoms with E-state index in [0.717, 1.165) is 15.7 Å². The number of amides is 1. The standard InChI is InChI=1S/C22H23BrN2O2S/c1-13(2)16-7-8-20(18(23)10-16)27-11-21(26)25-22-24-19(12-28-22)17-6-5-14(3)15(4)9-17/h5-10,12-13H,11H2,1-4H3,(H,24,25,26). The Labute approximate surface area is 178 Å². The Balaban J connectivity index is 1.60. The molecule has 1 heterocycles. The zero-order chi connectivity index (χ0) is 20.3. The number of hydrogen-bond acceptors (Lipinski definition) is 4. The molecule has 1 N–H and O–H groups in total. The minimum absolute atomic E-state index is 0.0713. The van der Waals surface area contributed by atoms with Crippen LogP contribution in [0, 0.1) is 13.8 Å². The molecule has 0 unspecified atom stereocenters. The Morgan fingerprint density at radius 2 is 1.96 bits per heavy atom. The fourth-order valence-electron chi connectivity index (χ4n) is 2.66. The van der Waals surface area contributed by atoms with Gasteiger partial charge < -0.3 is 4.74 Å². The second-order valence-corrected chi connectivity index (χ2v) is 8.73. The number of thiazole rings is 1. The van der Waals surface area contributed by atoms with Crippen LogP contribution in [0.2, 0.25) is 0 Å². The third-order valence-corrected chi connectivity index (χ3v) is 5.91. The number of halogens is 1. The molecular formula is C22H23BrN2O2S. The van der Waals surface area contributed by atoms with Gasteiger partial charge in [-0.05, 0) is 70.6 Å². The Bertz CT molecular complexity index is 998. The van der Waals surface area contributed by atoms with Crippen LogP contribution in [0.4, 0.5) is 5.13 Å². The van der Waals surface area contributed by atoms with Gasteiger partial charge in [0.15, 0.2) is 11.7 Å². The van der Waals surface area contributed by atoms with Gasteiger partial charge in [0.25, 0.3) is 5.91 Å². The van der Waals surface area contributed by atoms with E-state index in [0.29, 0.717) is 16.8 Å². The molecule has 0 atom stereocenters. The fourth-order valence-corrected chi connectivity index (χ4v) is 3.90. The van der Waals surface area contributed by atoms with E-state index < -0.39 is 0 Å². The van der Waals surface area contributed by atoms with Gasteiger partial charge >= 0.3 is 0 Å². The number of nitrogens with zero attached hydrogens (tertiary/aromatic N) is 1. The van der Waals surface area contributed by atoms with Crippen LogP contribution in [0.5, 0.6) is 5.75 Å². The van der Waals surface area contributed by atoms with E-state index in [1.807, 2.05) is 29.6 Å². The molecule has 0 aliphatic carbocycles.